The van der Waals surface area contributed by atoms with Crippen LogP contribution in [0, 0.1) is 18.8 Å². The second kappa shape index (κ2) is 6.79. The number of rotatable bonds is 2. The fourth-order valence-corrected chi connectivity index (χ4v) is 6.65. The van der Waals surface area contributed by atoms with E-state index in [2.05, 4.69) is 40.2 Å². The van der Waals surface area contributed by atoms with Gasteiger partial charge in [0, 0.05) is 45.4 Å². The highest BCUT2D eigenvalue weighted by atomic mass is 31.1. The molecule has 1 aromatic heterocycles. The third-order valence-electron chi connectivity index (χ3n) is 6.69. The highest BCUT2D eigenvalue weighted by molar-refractivity contribution is 7.51. The van der Waals surface area contributed by atoms with E-state index in [0.717, 1.165) is 46.9 Å². The Morgan fingerprint density at radius 1 is 1.17 bits per heavy atom. The summed E-state index contributed by atoms with van der Waals surface area (Å²) in [6, 6.07) is 6.02. The number of hydrogen-bond acceptors (Lipinski definition) is 5. The molecule has 6 nitrogen and oxygen atoms in total. The van der Waals surface area contributed by atoms with E-state index < -0.39 is 0 Å². The molecule has 0 N–H and O–H groups in total. The molecule has 4 aliphatic rings. The lowest BCUT2D eigenvalue weighted by Gasteiger charge is -2.35. The van der Waals surface area contributed by atoms with Crippen molar-refractivity contribution in [1.82, 2.24) is 19.7 Å². The van der Waals surface area contributed by atoms with Crippen molar-refractivity contribution in [2.24, 2.45) is 11.8 Å². The van der Waals surface area contributed by atoms with E-state index >= 15 is 0 Å². The average molecular weight is 420 g/mol. The van der Waals surface area contributed by atoms with Crippen molar-refractivity contribution in [3.8, 4) is 0 Å². The van der Waals surface area contributed by atoms with Crippen molar-refractivity contribution >= 4 is 30.9 Å². The maximum absolute atomic E-state index is 13.0. The Morgan fingerprint density at radius 3 is 2.77 bits per heavy atom. The van der Waals surface area contributed by atoms with Gasteiger partial charge in [-0.3, -0.25) is 4.79 Å². The number of nitrogens with zero attached hydrogens (tertiary/aromatic N) is 4. The summed E-state index contributed by atoms with van der Waals surface area (Å²) >= 11 is 0. The minimum atomic E-state index is 0.0589. The maximum Gasteiger partial charge on any atom is 0.252 e. The van der Waals surface area contributed by atoms with E-state index in [-0.39, 0.29) is 11.7 Å². The molecule has 0 saturated carbocycles. The molecule has 0 aliphatic carbocycles. The first-order valence-electron chi connectivity index (χ1n) is 10.5. The van der Waals surface area contributed by atoms with Crippen LogP contribution in [0.25, 0.3) is 16.4 Å². The minimum Gasteiger partial charge on any atom is -0.441 e. The number of fused-ring (bicyclic) bond motifs is 3. The Bertz CT molecular complexity index is 1120. The standard InChI is InChI=1S/C23H25N4O2P/c1-14-24-19-5-3-15(7-20(19)29-14)21-8-22(28)27-13-18(4-6-23(27)30-21)26-11-16-9-25(2)10-17(16)12-26/h3-8,13,16-17,23,30H,9-12H2,1-2H3/t16-,17?,23?/m1/s1. The van der Waals surface area contributed by atoms with Crippen molar-refractivity contribution in [2.75, 3.05) is 33.2 Å². The van der Waals surface area contributed by atoms with Gasteiger partial charge in [-0.1, -0.05) is 20.7 Å². The van der Waals surface area contributed by atoms with Crippen molar-refractivity contribution in [3.05, 3.63) is 59.8 Å². The quantitative estimate of drug-likeness (QED) is 0.699. The molecular weight excluding hydrogens is 395 g/mol. The van der Waals surface area contributed by atoms with Crippen LogP contribution in [0.4, 0.5) is 0 Å². The van der Waals surface area contributed by atoms with Crippen molar-refractivity contribution in [2.45, 2.75) is 12.7 Å². The van der Waals surface area contributed by atoms with E-state index in [4.69, 9.17) is 4.42 Å². The number of carbonyl (C=O) groups excluding carboxylic acids is 1. The lowest BCUT2D eigenvalue weighted by molar-refractivity contribution is -0.123. The summed E-state index contributed by atoms with van der Waals surface area (Å²) in [7, 11) is 2.72. The molecule has 6 rings (SSSR count). The predicted octanol–water partition coefficient (Wildman–Crippen LogP) is 3.23. The number of likely N-dealkylation sites (tertiary alicyclic amines) is 2. The summed E-state index contributed by atoms with van der Waals surface area (Å²) in [5.41, 5.74) is 3.86. The molecule has 2 aromatic rings. The van der Waals surface area contributed by atoms with E-state index in [9.17, 15) is 4.79 Å². The fourth-order valence-electron chi connectivity index (χ4n) is 5.27. The number of carbonyl (C=O) groups is 1. The van der Waals surface area contributed by atoms with Crippen molar-refractivity contribution < 1.29 is 9.21 Å². The first-order chi connectivity index (χ1) is 14.5. The monoisotopic (exact) mass is 420 g/mol. The SMILES string of the molecule is Cc1nc2ccc(C3=CC(=O)N4C=C(N5CC6CN(C)C[C@@H]6C5)C=CC4P3)cc2o1. The maximum atomic E-state index is 13.0. The van der Waals surface area contributed by atoms with Gasteiger partial charge in [-0.25, -0.2) is 4.98 Å². The highest BCUT2D eigenvalue weighted by Gasteiger charge is 2.40. The van der Waals surface area contributed by atoms with Crippen molar-refractivity contribution in [1.29, 1.82) is 0 Å². The Morgan fingerprint density at radius 2 is 1.97 bits per heavy atom. The van der Waals surface area contributed by atoms with Gasteiger partial charge in [0.25, 0.3) is 5.91 Å². The van der Waals surface area contributed by atoms with Gasteiger partial charge in [-0.2, -0.15) is 0 Å². The number of hydrogen-bond donors (Lipinski definition) is 0. The lowest BCUT2D eigenvalue weighted by Crippen LogP contribution is -2.37. The summed E-state index contributed by atoms with van der Waals surface area (Å²) in [6.45, 7) is 6.42. The number of oxazole rings is 1. The minimum absolute atomic E-state index is 0.0589. The molecule has 30 heavy (non-hydrogen) atoms. The summed E-state index contributed by atoms with van der Waals surface area (Å²) in [4.78, 5) is 24.2. The smallest absolute Gasteiger partial charge is 0.252 e. The van der Waals surface area contributed by atoms with Crippen LogP contribution in [0.15, 0.2) is 52.7 Å². The molecule has 7 heteroatoms. The van der Waals surface area contributed by atoms with Gasteiger partial charge < -0.3 is 19.1 Å². The molecule has 1 amide bonds. The summed E-state index contributed by atoms with van der Waals surface area (Å²) in [5.74, 6) is 2.32. The number of amides is 1. The van der Waals surface area contributed by atoms with Crippen LogP contribution >= 0.6 is 8.58 Å². The topological polar surface area (TPSA) is 52.8 Å². The van der Waals surface area contributed by atoms with Gasteiger partial charge in [0.05, 0.1) is 11.5 Å². The van der Waals surface area contributed by atoms with Crippen LogP contribution in [-0.2, 0) is 4.79 Å². The predicted molar refractivity (Wildman–Crippen MR) is 119 cm³/mol. The summed E-state index contributed by atoms with van der Waals surface area (Å²) in [6.07, 6.45) is 8.29. The second-order valence-electron chi connectivity index (χ2n) is 8.87. The van der Waals surface area contributed by atoms with Crippen LogP contribution in [0.3, 0.4) is 0 Å². The molecular formula is C23H25N4O2P. The van der Waals surface area contributed by atoms with E-state index in [1.54, 1.807) is 6.08 Å². The molecule has 3 unspecified atom stereocenters. The molecule has 1 aromatic carbocycles. The zero-order chi connectivity index (χ0) is 20.4. The normalized spacial score (nSPS) is 29.5. The van der Waals surface area contributed by atoms with Crippen LogP contribution < -0.4 is 0 Å². The molecule has 4 atom stereocenters. The lowest BCUT2D eigenvalue weighted by atomic mass is 10.0. The average Bonchev–Trinajstić information content (AvgIpc) is 3.38. The van der Waals surface area contributed by atoms with Crippen LogP contribution in [-0.4, -0.2) is 64.6 Å². The number of allylic oxidation sites excluding steroid dienone is 1. The van der Waals surface area contributed by atoms with E-state index in [1.807, 2.05) is 30.0 Å². The van der Waals surface area contributed by atoms with Crippen LogP contribution in [0.2, 0.25) is 0 Å². The molecule has 0 bridgehead atoms. The van der Waals surface area contributed by atoms with E-state index in [0.29, 0.717) is 14.5 Å². The second-order valence-corrected chi connectivity index (χ2v) is 10.3. The van der Waals surface area contributed by atoms with Gasteiger partial charge in [-0.05, 0) is 48.0 Å². The third-order valence-corrected chi connectivity index (χ3v) is 8.20. The fraction of sp³-hybridized carbons (Fsp3) is 0.391. The van der Waals surface area contributed by atoms with Gasteiger partial charge in [0.2, 0.25) is 0 Å². The van der Waals surface area contributed by atoms with Crippen LogP contribution in [0.1, 0.15) is 11.5 Å². The highest BCUT2D eigenvalue weighted by Crippen LogP contribution is 2.45. The van der Waals surface area contributed by atoms with E-state index in [1.165, 1.54) is 18.8 Å². The Kier molecular flexibility index (Phi) is 4.15. The molecule has 0 radical (unpaired) electrons. The molecule has 154 valence electrons. The molecule has 4 aliphatic heterocycles. The Labute approximate surface area is 177 Å². The van der Waals surface area contributed by atoms with Gasteiger partial charge >= 0.3 is 0 Å². The molecule has 2 saturated heterocycles. The zero-order valence-corrected chi connectivity index (χ0v) is 18.2. The Balaban J connectivity index is 1.24. The first-order valence-corrected chi connectivity index (χ1v) is 11.6. The van der Waals surface area contributed by atoms with Gasteiger partial charge in [-0.15, -0.1) is 0 Å². The zero-order valence-electron chi connectivity index (χ0n) is 17.2. The largest absolute Gasteiger partial charge is 0.441 e. The third kappa shape index (κ3) is 3.01. The summed E-state index contributed by atoms with van der Waals surface area (Å²) in [5, 5.41) is 1.08. The molecule has 0 spiro atoms. The summed E-state index contributed by atoms with van der Waals surface area (Å²) < 4.78 is 5.68. The van der Waals surface area contributed by atoms with Crippen molar-refractivity contribution in [3.63, 3.8) is 0 Å². The number of benzene rings is 1. The molecule has 5 heterocycles. The number of aryl methyl sites for hydroxylation is 1. The van der Waals surface area contributed by atoms with Crippen LogP contribution in [0.5, 0.6) is 0 Å². The van der Waals surface area contributed by atoms with Gasteiger partial charge in [0.1, 0.15) is 5.52 Å². The first kappa shape index (κ1) is 18.3. The Hall–Kier alpha value is -2.43. The van der Waals surface area contributed by atoms with Gasteiger partial charge in [0.15, 0.2) is 11.5 Å². The number of aromatic nitrogens is 1. The molecule has 2 fully saturated rings.